The van der Waals surface area contributed by atoms with E-state index in [4.69, 9.17) is 4.98 Å². The molecular formula is C21H28N4. The summed E-state index contributed by atoms with van der Waals surface area (Å²) >= 11 is 0. The first-order valence-corrected chi connectivity index (χ1v) is 9.32. The van der Waals surface area contributed by atoms with Gasteiger partial charge in [0.1, 0.15) is 17.0 Å². The predicted molar refractivity (Wildman–Crippen MR) is 104 cm³/mol. The fourth-order valence-corrected chi connectivity index (χ4v) is 4.01. The first-order valence-electron chi connectivity index (χ1n) is 9.32. The monoisotopic (exact) mass is 336 g/mol. The summed E-state index contributed by atoms with van der Waals surface area (Å²) in [4.78, 5) is 4.99. The summed E-state index contributed by atoms with van der Waals surface area (Å²) in [5.74, 6) is 1.13. The van der Waals surface area contributed by atoms with Crippen molar-refractivity contribution in [2.75, 3.05) is 0 Å². The molecule has 0 bridgehead atoms. The molecule has 0 saturated heterocycles. The lowest BCUT2D eigenvalue weighted by Gasteiger charge is -2.18. The van der Waals surface area contributed by atoms with E-state index in [9.17, 15) is 0 Å². The van der Waals surface area contributed by atoms with Crippen LogP contribution in [0.5, 0.6) is 0 Å². The summed E-state index contributed by atoms with van der Waals surface area (Å²) in [6, 6.07) is 4.88. The molecule has 0 spiro atoms. The van der Waals surface area contributed by atoms with E-state index >= 15 is 0 Å². The third-order valence-corrected chi connectivity index (χ3v) is 5.12. The molecule has 1 aromatic carbocycles. The molecule has 3 rings (SSSR count). The molecule has 3 aromatic rings. The number of hydrogen-bond donors (Lipinski definition) is 0. The van der Waals surface area contributed by atoms with Gasteiger partial charge in [0.25, 0.3) is 0 Å². The normalized spacial score (nSPS) is 11.6. The highest BCUT2D eigenvalue weighted by molar-refractivity contribution is 5.91. The molecule has 4 nitrogen and oxygen atoms in total. The molecule has 0 saturated carbocycles. The molecule has 0 N–H and O–H groups in total. The Morgan fingerprint density at radius 3 is 2.20 bits per heavy atom. The van der Waals surface area contributed by atoms with Gasteiger partial charge in [-0.2, -0.15) is 5.10 Å². The molecule has 0 aliphatic rings. The highest BCUT2D eigenvalue weighted by Crippen LogP contribution is 2.34. The first kappa shape index (κ1) is 17.6. The minimum atomic E-state index is 0.456. The van der Waals surface area contributed by atoms with E-state index < -0.39 is 0 Å². The van der Waals surface area contributed by atoms with Crippen molar-refractivity contribution in [2.45, 2.75) is 66.8 Å². The first-order chi connectivity index (χ1) is 12.0. The van der Waals surface area contributed by atoms with Crippen LogP contribution < -0.4 is 0 Å². The van der Waals surface area contributed by atoms with Gasteiger partial charge in [-0.1, -0.05) is 38.5 Å². The highest BCUT2D eigenvalue weighted by atomic mass is 15.2. The SMILES string of the molecule is CCc1nc2c(-c3c(C)cc(C)cc3C)nncc2n1C(CC)CC. The topological polar surface area (TPSA) is 43.6 Å². The van der Waals surface area contributed by atoms with E-state index in [0.29, 0.717) is 6.04 Å². The van der Waals surface area contributed by atoms with Crippen molar-refractivity contribution in [1.29, 1.82) is 0 Å². The van der Waals surface area contributed by atoms with Crippen LogP contribution in [0.3, 0.4) is 0 Å². The van der Waals surface area contributed by atoms with Crippen LogP contribution in [0.2, 0.25) is 0 Å². The third kappa shape index (κ3) is 2.94. The van der Waals surface area contributed by atoms with Crippen LogP contribution in [0.1, 0.15) is 62.2 Å². The molecule has 25 heavy (non-hydrogen) atoms. The minimum absolute atomic E-state index is 0.456. The van der Waals surface area contributed by atoms with Crippen molar-refractivity contribution in [3.8, 4) is 11.3 Å². The number of hydrogen-bond acceptors (Lipinski definition) is 3. The lowest BCUT2D eigenvalue weighted by Crippen LogP contribution is -2.10. The summed E-state index contributed by atoms with van der Waals surface area (Å²) in [7, 11) is 0. The van der Waals surface area contributed by atoms with Gasteiger partial charge in [-0.3, -0.25) is 0 Å². The van der Waals surface area contributed by atoms with Gasteiger partial charge in [0, 0.05) is 18.0 Å². The van der Waals surface area contributed by atoms with Gasteiger partial charge in [-0.25, -0.2) is 4.98 Å². The molecule has 2 heterocycles. The Morgan fingerprint density at radius 2 is 1.64 bits per heavy atom. The molecule has 0 aliphatic carbocycles. The van der Waals surface area contributed by atoms with Gasteiger partial charge in [0.2, 0.25) is 0 Å². The number of imidazole rings is 1. The Morgan fingerprint density at radius 1 is 1.00 bits per heavy atom. The van der Waals surface area contributed by atoms with Crippen LogP contribution in [-0.4, -0.2) is 19.7 Å². The lowest BCUT2D eigenvalue weighted by molar-refractivity contribution is 0.468. The number of fused-ring (bicyclic) bond motifs is 1. The molecule has 0 aliphatic heterocycles. The number of benzene rings is 1. The van der Waals surface area contributed by atoms with Crippen LogP contribution in [0.25, 0.3) is 22.3 Å². The Labute approximate surface area is 150 Å². The van der Waals surface area contributed by atoms with Crippen LogP contribution in [0.4, 0.5) is 0 Å². The van der Waals surface area contributed by atoms with E-state index in [2.05, 4.69) is 68.4 Å². The second-order valence-corrected chi connectivity index (χ2v) is 6.92. The van der Waals surface area contributed by atoms with Gasteiger partial charge < -0.3 is 4.57 Å². The van der Waals surface area contributed by atoms with Gasteiger partial charge >= 0.3 is 0 Å². The maximum absolute atomic E-state index is 4.99. The summed E-state index contributed by atoms with van der Waals surface area (Å²) in [5.41, 5.74) is 7.90. The Bertz CT molecular complexity index is 881. The second-order valence-electron chi connectivity index (χ2n) is 6.92. The average Bonchev–Trinajstić information content (AvgIpc) is 2.95. The summed E-state index contributed by atoms with van der Waals surface area (Å²) in [5, 5.41) is 8.84. The lowest BCUT2D eigenvalue weighted by atomic mass is 9.96. The van der Waals surface area contributed by atoms with Crippen molar-refractivity contribution in [1.82, 2.24) is 19.7 Å². The van der Waals surface area contributed by atoms with Crippen LogP contribution in [0.15, 0.2) is 18.3 Å². The zero-order valence-electron chi connectivity index (χ0n) is 16.2. The Kier molecular flexibility index (Phi) is 4.89. The van der Waals surface area contributed by atoms with Crippen LogP contribution in [0, 0.1) is 20.8 Å². The van der Waals surface area contributed by atoms with Crippen molar-refractivity contribution in [3.63, 3.8) is 0 Å². The minimum Gasteiger partial charge on any atom is -0.324 e. The molecule has 4 heteroatoms. The van der Waals surface area contributed by atoms with E-state index in [1.165, 1.54) is 22.3 Å². The van der Waals surface area contributed by atoms with Crippen LogP contribution >= 0.6 is 0 Å². The smallest absolute Gasteiger partial charge is 0.121 e. The molecular weight excluding hydrogens is 308 g/mol. The maximum Gasteiger partial charge on any atom is 0.121 e. The zero-order chi connectivity index (χ0) is 18.1. The quantitative estimate of drug-likeness (QED) is 0.631. The standard InChI is InChI=1S/C21H28N4/c1-7-16(8-2)25-17-12-22-24-21(20(17)23-18(25)9-3)19-14(5)10-13(4)11-15(19)6/h10-12,16H,7-9H2,1-6H3. The van der Waals surface area contributed by atoms with Crippen molar-refractivity contribution >= 4 is 11.0 Å². The summed E-state index contributed by atoms with van der Waals surface area (Å²) < 4.78 is 2.38. The second kappa shape index (κ2) is 6.95. The van der Waals surface area contributed by atoms with Crippen LogP contribution in [-0.2, 0) is 6.42 Å². The molecule has 132 valence electrons. The largest absolute Gasteiger partial charge is 0.324 e. The number of aryl methyl sites for hydroxylation is 4. The molecule has 2 aromatic heterocycles. The number of rotatable bonds is 5. The van der Waals surface area contributed by atoms with E-state index in [-0.39, 0.29) is 0 Å². The van der Waals surface area contributed by atoms with Crippen molar-refractivity contribution in [2.24, 2.45) is 0 Å². The molecule has 0 atom stereocenters. The van der Waals surface area contributed by atoms with Crippen molar-refractivity contribution < 1.29 is 0 Å². The fraction of sp³-hybridized carbons (Fsp3) is 0.476. The zero-order valence-corrected chi connectivity index (χ0v) is 16.2. The highest BCUT2D eigenvalue weighted by Gasteiger charge is 2.21. The van der Waals surface area contributed by atoms with E-state index in [1.807, 2.05) is 6.20 Å². The number of aromatic nitrogens is 4. The van der Waals surface area contributed by atoms with Gasteiger partial charge in [-0.05, 0) is 44.7 Å². The van der Waals surface area contributed by atoms with E-state index in [0.717, 1.165) is 41.8 Å². The van der Waals surface area contributed by atoms with Crippen molar-refractivity contribution in [3.05, 3.63) is 40.8 Å². The van der Waals surface area contributed by atoms with Gasteiger partial charge in [0.05, 0.1) is 11.7 Å². The van der Waals surface area contributed by atoms with Gasteiger partial charge in [0.15, 0.2) is 0 Å². The molecule has 0 radical (unpaired) electrons. The van der Waals surface area contributed by atoms with E-state index in [1.54, 1.807) is 0 Å². The third-order valence-electron chi connectivity index (χ3n) is 5.12. The predicted octanol–water partition coefficient (Wildman–Crippen LogP) is 5.34. The molecule has 0 amide bonds. The maximum atomic E-state index is 4.99. The Hall–Kier alpha value is -2.23. The summed E-state index contributed by atoms with van der Waals surface area (Å²) in [6.07, 6.45) is 4.98. The van der Waals surface area contributed by atoms with Gasteiger partial charge in [-0.15, -0.1) is 5.10 Å². The summed E-state index contributed by atoms with van der Waals surface area (Å²) in [6.45, 7) is 13.1. The average molecular weight is 336 g/mol. The molecule has 0 unspecified atom stereocenters. The number of nitrogens with zero attached hydrogens (tertiary/aromatic N) is 4. The fourth-order valence-electron chi connectivity index (χ4n) is 4.01. The molecule has 0 fully saturated rings. The Balaban J connectivity index is 2.33.